The topological polar surface area (TPSA) is 65.0 Å². The van der Waals surface area contributed by atoms with Crippen LogP contribution < -0.4 is 10.1 Å². The van der Waals surface area contributed by atoms with Crippen LogP contribution in [0.2, 0.25) is 0 Å². The van der Waals surface area contributed by atoms with Crippen molar-refractivity contribution in [3.63, 3.8) is 0 Å². The first-order chi connectivity index (χ1) is 11.9. The number of alkyl halides is 3. The second kappa shape index (κ2) is 9.02. The Morgan fingerprint density at radius 3 is 2.16 bits per heavy atom. The number of ether oxygens (including phenoxy) is 1. The van der Waals surface area contributed by atoms with Crippen LogP contribution in [0.15, 0.2) is 24.3 Å². The minimum absolute atomic E-state index is 0.148. The first-order valence-corrected chi connectivity index (χ1v) is 8.07. The molecular formula is C16H22F3N3O3. The number of carbonyl (C=O) groups excluding carboxylic acids is 1. The quantitative estimate of drug-likeness (QED) is 0.771. The van der Waals surface area contributed by atoms with Crippen molar-refractivity contribution in [2.45, 2.75) is 12.8 Å². The molecule has 1 aliphatic heterocycles. The fourth-order valence-electron chi connectivity index (χ4n) is 2.60. The summed E-state index contributed by atoms with van der Waals surface area (Å²) in [6.45, 7) is 4.85. The molecule has 1 amide bonds. The summed E-state index contributed by atoms with van der Waals surface area (Å²) in [6.07, 6.45) is -4.42. The molecule has 0 radical (unpaired) electrons. The van der Waals surface area contributed by atoms with Crippen molar-refractivity contribution >= 4 is 11.6 Å². The predicted molar refractivity (Wildman–Crippen MR) is 86.3 cm³/mol. The monoisotopic (exact) mass is 361 g/mol. The number of rotatable bonds is 7. The molecule has 0 bridgehead atoms. The lowest BCUT2D eigenvalue weighted by atomic mass is 10.2. The standard InChI is InChI=1S/C16H22F3N3O3/c17-16(18,19)25-14-3-1-13(2-4-14)20-15(24)5-6-21-7-9-22(10-8-21)11-12-23/h1-4,23H,5-12H2,(H,20,24). The molecule has 0 saturated carbocycles. The van der Waals surface area contributed by atoms with Crippen molar-refractivity contribution in [3.05, 3.63) is 24.3 Å². The van der Waals surface area contributed by atoms with Gasteiger partial charge in [-0.05, 0) is 24.3 Å². The number of nitrogens with zero attached hydrogens (tertiary/aromatic N) is 2. The second-order valence-corrected chi connectivity index (χ2v) is 5.78. The molecule has 0 spiro atoms. The summed E-state index contributed by atoms with van der Waals surface area (Å²) in [5.74, 6) is -0.520. The maximum atomic E-state index is 12.1. The van der Waals surface area contributed by atoms with Crippen molar-refractivity contribution in [3.8, 4) is 5.75 Å². The van der Waals surface area contributed by atoms with Crippen LogP contribution >= 0.6 is 0 Å². The van der Waals surface area contributed by atoms with Gasteiger partial charge in [-0.15, -0.1) is 13.2 Å². The average Bonchev–Trinajstić information content (AvgIpc) is 2.55. The van der Waals surface area contributed by atoms with Gasteiger partial charge in [-0.25, -0.2) is 0 Å². The third-order valence-electron chi connectivity index (χ3n) is 3.91. The second-order valence-electron chi connectivity index (χ2n) is 5.78. The van der Waals surface area contributed by atoms with E-state index < -0.39 is 6.36 Å². The molecule has 1 aromatic carbocycles. The lowest BCUT2D eigenvalue weighted by Gasteiger charge is -2.34. The van der Waals surface area contributed by atoms with E-state index in [1.54, 1.807) is 0 Å². The Balaban J connectivity index is 1.70. The molecular weight excluding hydrogens is 339 g/mol. The number of benzene rings is 1. The van der Waals surface area contributed by atoms with E-state index in [1.165, 1.54) is 12.1 Å². The van der Waals surface area contributed by atoms with E-state index >= 15 is 0 Å². The zero-order valence-electron chi connectivity index (χ0n) is 13.8. The van der Waals surface area contributed by atoms with Crippen molar-refractivity contribution in [2.75, 3.05) is 51.2 Å². The molecule has 0 atom stereocenters. The summed E-state index contributed by atoms with van der Waals surface area (Å²) in [4.78, 5) is 16.3. The van der Waals surface area contributed by atoms with Gasteiger partial charge in [0, 0.05) is 51.4 Å². The number of hydrogen-bond acceptors (Lipinski definition) is 5. The fraction of sp³-hybridized carbons (Fsp3) is 0.562. The van der Waals surface area contributed by atoms with E-state index in [0.717, 1.165) is 38.3 Å². The largest absolute Gasteiger partial charge is 0.573 e. The van der Waals surface area contributed by atoms with Gasteiger partial charge in [0.05, 0.1) is 6.61 Å². The Kier molecular flexibility index (Phi) is 7.03. The number of amides is 1. The summed E-state index contributed by atoms with van der Waals surface area (Å²) in [6, 6.07) is 5.05. The zero-order valence-corrected chi connectivity index (χ0v) is 13.8. The Labute approximate surface area is 144 Å². The minimum atomic E-state index is -4.73. The Morgan fingerprint density at radius 2 is 1.64 bits per heavy atom. The molecule has 1 heterocycles. The molecule has 9 heteroatoms. The Bertz CT molecular complexity index is 544. The number of anilines is 1. The average molecular weight is 361 g/mol. The van der Waals surface area contributed by atoms with Crippen LogP contribution in [0, 0.1) is 0 Å². The smallest absolute Gasteiger partial charge is 0.406 e. The Hall–Kier alpha value is -1.84. The zero-order chi connectivity index (χ0) is 18.3. The summed E-state index contributed by atoms with van der Waals surface area (Å²) in [5, 5.41) is 11.6. The van der Waals surface area contributed by atoms with Crippen LogP contribution in [0.1, 0.15) is 6.42 Å². The van der Waals surface area contributed by atoms with Crippen molar-refractivity contribution in [1.82, 2.24) is 9.80 Å². The van der Waals surface area contributed by atoms with Crippen LogP contribution in [0.25, 0.3) is 0 Å². The summed E-state index contributed by atoms with van der Waals surface area (Å²) < 4.78 is 40.0. The van der Waals surface area contributed by atoms with Crippen molar-refractivity contribution in [2.24, 2.45) is 0 Å². The highest BCUT2D eigenvalue weighted by Crippen LogP contribution is 2.23. The highest BCUT2D eigenvalue weighted by Gasteiger charge is 2.30. The molecule has 1 aromatic rings. The SMILES string of the molecule is O=C(CCN1CCN(CCO)CC1)Nc1ccc(OC(F)(F)F)cc1. The Morgan fingerprint density at radius 1 is 1.08 bits per heavy atom. The normalized spacial score (nSPS) is 16.6. The molecule has 6 nitrogen and oxygen atoms in total. The number of β-amino-alcohol motifs (C(OH)–C–C–N with tert-alkyl or cyclic N) is 1. The highest BCUT2D eigenvalue weighted by molar-refractivity contribution is 5.90. The van der Waals surface area contributed by atoms with Gasteiger partial charge in [0.2, 0.25) is 5.91 Å². The van der Waals surface area contributed by atoms with E-state index in [-0.39, 0.29) is 18.3 Å². The molecule has 25 heavy (non-hydrogen) atoms. The van der Waals surface area contributed by atoms with E-state index in [2.05, 4.69) is 19.9 Å². The lowest BCUT2D eigenvalue weighted by molar-refractivity contribution is -0.274. The van der Waals surface area contributed by atoms with Crippen molar-refractivity contribution in [1.29, 1.82) is 0 Å². The maximum Gasteiger partial charge on any atom is 0.573 e. The number of halogens is 3. The molecule has 2 N–H and O–H groups in total. The molecule has 0 aliphatic carbocycles. The van der Waals surface area contributed by atoms with E-state index in [4.69, 9.17) is 5.11 Å². The van der Waals surface area contributed by atoms with Crippen LogP contribution in [-0.4, -0.2) is 73.1 Å². The van der Waals surface area contributed by atoms with Gasteiger partial charge in [0.25, 0.3) is 0 Å². The lowest BCUT2D eigenvalue weighted by Crippen LogP contribution is -2.47. The number of piperazine rings is 1. The number of aliphatic hydroxyl groups excluding tert-OH is 1. The fourth-order valence-corrected chi connectivity index (χ4v) is 2.60. The van der Waals surface area contributed by atoms with Crippen LogP contribution in [0.4, 0.5) is 18.9 Å². The first kappa shape index (κ1) is 19.5. The van der Waals surface area contributed by atoms with Gasteiger partial charge in [0.1, 0.15) is 5.75 Å². The third-order valence-corrected chi connectivity index (χ3v) is 3.91. The molecule has 140 valence electrons. The molecule has 0 unspecified atom stereocenters. The van der Waals surface area contributed by atoms with E-state index in [9.17, 15) is 18.0 Å². The van der Waals surface area contributed by atoms with Gasteiger partial charge in [0.15, 0.2) is 0 Å². The molecule has 1 fully saturated rings. The van der Waals surface area contributed by atoms with Crippen LogP contribution in [0.3, 0.4) is 0 Å². The van der Waals surface area contributed by atoms with Gasteiger partial charge in [-0.3, -0.25) is 9.69 Å². The minimum Gasteiger partial charge on any atom is -0.406 e. The van der Waals surface area contributed by atoms with E-state index in [0.29, 0.717) is 25.2 Å². The predicted octanol–water partition coefficient (Wildman–Crippen LogP) is 1.52. The van der Waals surface area contributed by atoms with Gasteiger partial charge in [-0.1, -0.05) is 0 Å². The molecule has 0 aromatic heterocycles. The van der Waals surface area contributed by atoms with Gasteiger partial charge < -0.3 is 20.1 Å². The number of aliphatic hydroxyl groups is 1. The number of hydrogen-bond donors (Lipinski definition) is 2. The first-order valence-electron chi connectivity index (χ1n) is 8.07. The van der Waals surface area contributed by atoms with Gasteiger partial charge in [-0.2, -0.15) is 0 Å². The highest BCUT2D eigenvalue weighted by atomic mass is 19.4. The molecule has 1 saturated heterocycles. The van der Waals surface area contributed by atoms with Crippen LogP contribution in [0.5, 0.6) is 5.75 Å². The molecule has 2 rings (SSSR count). The third kappa shape index (κ3) is 7.29. The molecule has 1 aliphatic rings. The summed E-state index contributed by atoms with van der Waals surface area (Å²) in [5.41, 5.74) is 0.423. The summed E-state index contributed by atoms with van der Waals surface area (Å²) in [7, 11) is 0. The number of carbonyl (C=O) groups is 1. The van der Waals surface area contributed by atoms with Gasteiger partial charge >= 0.3 is 6.36 Å². The van der Waals surface area contributed by atoms with E-state index in [1.807, 2.05) is 0 Å². The number of nitrogens with one attached hydrogen (secondary N) is 1. The maximum absolute atomic E-state index is 12.1. The van der Waals surface area contributed by atoms with Crippen LogP contribution in [-0.2, 0) is 4.79 Å². The summed E-state index contributed by atoms with van der Waals surface area (Å²) >= 11 is 0. The van der Waals surface area contributed by atoms with Crippen molar-refractivity contribution < 1.29 is 27.8 Å².